The van der Waals surface area contributed by atoms with E-state index in [1.54, 1.807) is 12.3 Å². The molecule has 0 saturated carbocycles. The lowest BCUT2D eigenvalue weighted by Gasteiger charge is -2.04. The van der Waals surface area contributed by atoms with Crippen LogP contribution < -0.4 is 10.0 Å². The van der Waals surface area contributed by atoms with Gasteiger partial charge in [-0.1, -0.05) is 0 Å². The zero-order valence-corrected chi connectivity index (χ0v) is 13.3. The fraction of sp³-hybridized carbons (Fsp3) is 0.300. The van der Waals surface area contributed by atoms with Crippen LogP contribution in [0.5, 0.6) is 0 Å². The van der Waals surface area contributed by atoms with Gasteiger partial charge in [0.2, 0.25) is 10.0 Å². The van der Waals surface area contributed by atoms with Crippen LogP contribution in [0.3, 0.4) is 0 Å². The molecule has 104 valence electrons. The molecule has 0 aliphatic heterocycles. The Bertz CT molecular complexity index is 637. The SMILES string of the molecule is CNCc1cc(S(=O)(=O)NCc2cnc[nH]2)c(Br)s1. The van der Waals surface area contributed by atoms with E-state index in [-0.39, 0.29) is 11.4 Å². The van der Waals surface area contributed by atoms with Gasteiger partial charge in [0.05, 0.1) is 16.7 Å². The summed E-state index contributed by atoms with van der Waals surface area (Å²) < 4.78 is 27.5. The van der Waals surface area contributed by atoms with E-state index in [0.717, 1.165) is 4.88 Å². The molecule has 0 aromatic carbocycles. The molecule has 2 heterocycles. The molecule has 2 rings (SSSR count). The van der Waals surface area contributed by atoms with Crippen molar-refractivity contribution in [3.05, 3.63) is 32.9 Å². The van der Waals surface area contributed by atoms with Crippen molar-refractivity contribution in [3.8, 4) is 0 Å². The second-order valence-corrected chi connectivity index (χ2v) is 7.97. The van der Waals surface area contributed by atoms with Crippen LogP contribution in [0.2, 0.25) is 0 Å². The highest BCUT2D eigenvalue weighted by Crippen LogP contribution is 2.31. The summed E-state index contributed by atoms with van der Waals surface area (Å²) in [6, 6.07) is 1.67. The number of halogens is 1. The van der Waals surface area contributed by atoms with Crippen LogP contribution in [0.1, 0.15) is 10.6 Å². The van der Waals surface area contributed by atoms with Crippen LogP contribution >= 0.6 is 27.3 Å². The fourth-order valence-electron chi connectivity index (χ4n) is 1.47. The summed E-state index contributed by atoms with van der Waals surface area (Å²) in [7, 11) is -1.71. The number of thiophene rings is 1. The largest absolute Gasteiger partial charge is 0.347 e. The molecule has 3 N–H and O–H groups in total. The molecule has 2 aromatic heterocycles. The highest BCUT2D eigenvalue weighted by atomic mass is 79.9. The smallest absolute Gasteiger partial charge is 0.242 e. The van der Waals surface area contributed by atoms with E-state index >= 15 is 0 Å². The van der Waals surface area contributed by atoms with Gasteiger partial charge in [-0.25, -0.2) is 18.1 Å². The molecular formula is C10H13BrN4O2S2. The van der Waals surface area contributed by atoms with Crippen LogP contribution in [-0.4, -0.2) is 25.4 Å². The molecule has 0 atom stereocenters. The van der Waals surface area contributed by atoms with Gasteiger partial charge in [0.1, 0.15) is 4.90 Å². The molecule has 19 heavy (non-hydrogen) atoms. The van der Waals surface area contributed by atoms with E-state index in [2.05, 4.69) is 35.9 Å². The minimum Gasteiger partial charge on any atom is -0.347 e. The molecule has 0 unspecified atom stereocenters. The quantitative estimate of drug-likeness (QED) is 0.723. The number of H-pyrrole nitrogens is 1. The first-order valence-corrected chi connectivity index (χ1v) is 8.52. The van der Waals surface area contributed by atoms with Crippen molar-refractivity contribution >= 4 is 37.3 Å². The molecule has 0 bridgehead atoms. The number of hydrogen-bond donors (Lipinski definition) is 3. The number of nitrogens with one attached hydrogen (secondary N) is 3. The van der Waals surface area contributed by atoms with Gasteiger partial charge >= 0.3 is 0 Å². The molecule has 0 saturated heterocycles. The molecule has 6 nitrogen and oxygen atoms in total. The molecule has 0 aliphatic rings. The lowest BCUT2D eigenvalue weighted by Crippen LogP contribution is -2.23. The molecule has 0 fully saturated rings. The number of nitrogens with zero attached hydrogens (tertiary/aromatic N) is 1. The first kappa shape index (κ1) is 14.7. The second-order valence-electron chi connectivity index (χ2n) is 3.78. The Balaban J connectivity index is 2.14. The Morgan fingerprint density at radius 2 is 2.26 bits per heavy atom. The predicted molar refractivity (Wildman–Crippen MR) is 77.4 cm³/mol. The number of sulfonamides is 1. The number of hydrogen-bond acceptors (Lipinski definition) is 5. The van der Waals surface area contributed by atoms with Crippen LogP contribution in [-0.2, 0) is 23.1 Å². The summed E-state index contributed by atoms with van der Waals surface area (Å²) in [5.41, 5.74) is 0.713. The Hall–Kier alpha value is -0.740. The summed E-state index contributed by atoms with van der Waals surface area (Å²) >= 11 is 4.70. The first-order valence-electron chi connectivity index (χ1n) is 5.42. The molecule has 0 aliphatic carbocycles. The zero-order chi connectivity index (χ0) is 13.9. The maximum atomic E-state index is 12.2. The van der Waals surface area contributed by atoms with Crippen LogP contribution in [0.25, 0.3) is 0 Å². The van der Waals surface area contributed by atoms with Gasteiger partial charge in [0, 0.05) is 23.3 Å². The zero-order valence-electron chi connectivity index (χ0n) is 10.1. The van der Waals surface area contributed by atoms with Gasteiger partial charge in [-0.3, -0.25) is 0 Å². The first-order chi connectivity index (χ1) is 9.03. The summed E-state index contributed by atoms with van der Waals surface area (Å²) in [6.07, 6.45) is 3.09. The van der Waals surface area contributed by atoms with Crippen molar-refractivity contribution in [2.45, 2.75) is 18.0 Å². The standard InChI is InChI=1S/C10H13BrN4O2S2/c1-12-5-8-2-9(10(11)18-8)19(16,17)15-4-7-3-13-6-14-7/h2-3,6,12,15H,4-5H2,1H3,(H,13,14). The molecular weight excluding hydrogens is 352 g/mol. The van der Waals surface area contributed by atoms with Gasteiger partial charge in [-0.15, -0.1) is 11.3 Å². The summed E-state index contributed by atoms with van der Waals surface area (Å²) in [5, 5.41) is 2.99. The number of imidazole rings is 1. The van der Waals surface area contributed by atoms with Gasteiger partial charge in [-0.05, 0) is 29.0 Å². The average molecular weight is 365 g/mol. The van der Waals surface area contributed by atoms with E-state index in [1.807, 2.05) is 7.05 Å². The van der Waals surface area contributed by atoms with E-state index in [1.165, 1.54) is 17.7 Å². The van der Waals surface area contributed by atoms with Crippen molar-refractivity contribution < 1.29 is 8.42 Å². The normalized spacial score (nSPS) is 11.9. The molecule has 2 aromatic rings. The van der Waals surface area contributed by atoms with E-state index < -0.39 is 10.0 Å². The highest BCUT2D eigenvalue weighted by molar-refractivity contribution is 9.11. The monoisotopic (exact) mass is 364 g/mol. The molecule has 0 amide bonds. The lowest BCUT2D eigenvalue weighted by atomic mass is 10.5. The Morgan fingerprint density at radius 1 is 1.47 bits per heavy atom. The van der Waals surface area contributed by atoms with Crippen LogP contribution in [0, 0.1) is 0 Å². The minimum absolute atomic E-state index is 0.186. The van der Waals surface area contributed by atoms with Crippen molar-refractivity contribution in [1.29, 1.82) is 0 Å². The summed E-state index contributed by atoms with van der Waals surface area (Å²) in [4.78, 5) is 7.90. The highest BCUT2D eigenvalue weighted by Gasteiger charge is 2.20. The topological polar surface area (TPSA) is 86.9 Å². The maximum absolute atomic E-state index is 12.2. The maximum Gasteiger partial charge on any atom is 0.242 e. The number of aromatic nitrogens is 2. The van der Waals surface area contributed by atoms with Crippen molar-refractivity contribution in [2.75, 3.05) is 7.05 Å². The molecule has 0 spiro atoms. The van der Waals surface area contributed by atoms with Crippen LogP contribution in [0.4, 0.5) is 0 Å². The van der Waals surface area contributed by atoms with E-state index in [9.17, 15) is 8.42 Å². The summed E-state index contributed by atoms with van der Waals surface area (Å²) in [6.45, 7) is 0.825. The number of aromatic amines is 1. The van der Waals surface area contributed by atoms with Gasteiger partial charge in [-0.2, -0.15) is 0 Å². The van der Waals surface area contributed by atoms with Crippen molar-refractivity contribution in [2.24, 2.45) is 0 Å². The molecule has 0 radical (unpaired) electrons. The Labute approximate surface area is 123 Å². The van der Waals surface area contributed by atoms with Crippen LogP contribution in [0.15, 0.2) is 27.3 Å². The fourth-order valence-corrected chi connectivity index (χ4v) is 5.17. The van der Waals surface area contributed by atoms with E-state index in [0.29, 0.717) is 16.0 Å². The van der Waals surface area contributed by atoms with Gasteiger partial charge in [0.15, 0.2) is 0 Å². The van der Waals surface area contributed by atoms with Crippen molar-refractivity contribution in [3.63, 3.8) is 0 Å². The summed E-state index contributed by atoms with van der Waals surface area (Å²) in [5.74, 6) is 0. The lowest BCUT2D eigenvalue weighted by molar-refractivity contribution is 0.580. The second kappa shape index (κ2) is 6.14. The minimum atomic E-state index is -3.53. The third-order valence-electron chi connectivity index (χ3n) is 2.35. The number of rotatable bonds is 6. The van der Waals surface area contributed by atoms with Gasteiger partial charge in [0.25, 0.3) is 0 Å². The third-order valence-corrected chi connectivity index (χ3v) is 6.01. The third kappa shape index (κ3) is 3.63. The van der Waals surface area contributed by atoms with Crippen molar-refractivity contribution in [1.82, 2.24) is 20.0 Å². The molecule has 9 heteroatoms. The van der Waals surface area contributed by atoms with Gasteiger partial charge < -0.3 is 10.3 Å². The predicted octanol–water partition coefficient (Wildman–Crippen LogP) is 1.43. The Morgan fingerprint density at radius 3 is 2.89 bits per heavy atom. The Kier molecular flexibility index (Phi) is 4.74. The van der Waals surface area contributed by atoms with E-state index in [4.69, 9.17) is 0 Å². The average Bonchev–Trinajstić information content (AvgIpc) is 2.97.